The molecule has 0 fully saturated rings. The van der Waals surface area contributed by atoms with Crippen LogP contribution in [-0.2, 0) is 4.74 Å². The summed E-state index contributed by atoms with van der Waals surface area (Å²) >= 11 is 0. The maximum absolute atomic E-state index is 13.0. The highest BCUT2D eigenvalue weighted by molar-refractivity contribution is 5.65. The Bertz CT molecular complexity index is 399. The molecule has 3 heteroatoms. The lowest BCUT2D eigenvalue weighted by molar-refractivity contribution is 0.144. The summed E-state index contributed by atoms with van der Waals surface area (Å²) < 4.78 is 31.0. The first-order valence-corrected chi connectivity index (χ1v) is 4.97. The van der Waals surface area contributed by atoms with Crippen molar-refractivity contribution in [3.05, 3.63) is 41.7 Å². The third-order valence-corrected chi connectivity index (χ3v) is 2.55. The van der Waals surface area contributed by atoms with E-state index in [-0.39, 0.29) is 6.10 Å². The first-order valence-electron chi connectivity index (χ1n) is 4.97. The molecule has 0 N–H and O–H groups in total. The second-order valence-electron chi connectivity index (χ2n) is 3.76. The molecule has 1 aromatic rings. The second-order valence-corrected chi connectivity index (χ2v) is 3.76. The van der Waals surface area contributed by atoms with E-state index < -0.39 is 11.6 Å². The van der Waals surface area contributed by atoms with Gasteiger partial charge in [-0.05, 0) is 43.0 Å². The monoisotopic (exact) mass is 210 g/mol. The average molecular weight is 210 g/mol. The fraction of sp³-hybridized carbons (Fsp3) is 0.333. The molecular formula is C12H12F2O. The molecule has 2 rings (SSSR count). The third kappa shape index (κ3) is 2.17. The Hall–Kier alpha value is -1.38. The Morgan fingerprint density at radius 2 is 2.07 bits per heavy atom. The van der Waals surface area contributed by atoms with Gasteiger partial charge in [0.1, 0.15) is 0 Å². The number of hydrogen-bond donors (Lipinski definition) is 0. The van der Waals surface area contributed by atoms with Gasteiger partial charge in [0.25, 0.3) is 0 Å². The zero-order valence-electron chi connectivity index (χ0n) is 8.47. The largest absolute Gasteiger partial charge is 0.498 e. The molecule has 1 aromatic carbocycles. The van der Waals surface area contributed by atoms with Gasteiger partial charge in [-0.3, -0.25) is 0 Å². The minimum atomic E-state index is -0.815. The number of rotatable bonds is 1. The van der Waals surface area contributed by atoms with Gasteiger partial charge in [0.05, 0.1) is 12.4 Å². The minimum absolute atomic E-state index is 0.207. The van der Waals surface area contributed by atoms with E-state index in [2.05, 4.69) is 0 Å². The van der Waals surface area contributed by atoms with Gasteiger partial charge in [0.2, 0.25) is 0 Å². The van der Waals surface area contributed by atoms with Gasteiger partial charge in [0, 0.05) is 0 Å². The first kappa shape index (κ1) is 10.1. The smallest absolute Gasteiger partial charge is 0.159 e. The van der Waals surface area contributed by atoms with Gasteiger partial charge >= 0.3 is 0 Å². The summed E-state index contributed by atoms with van der Waals surface area (Å²) in [6.07, 6.45) is 3.59. The van der Waals surface area contributed by atoms with Crippen LogP contribution >= 0.6 is 0 Å². The molecule has 0 bridgehead atoms. The predicted molar refractivity (Wildman–Crippen MR) is 54.1 cm³/mol. The quantitative estimate of drug-likeness (QED) is 0.689. The van der Waals surface area contributed by atoms with Crippen LogP contribution < -0.4 is 0 Å². The topological polar surface area (TPSA) is 9.23 Å². The van der Waals surface area contributed by atoms with E-state index in [1.807, 2.05) is 6.92 Å². The summed E-state index contributed by atoms with van der Waals surface area (Å²) in [5, 5.41) is 0. The first-order chi connectivity index (χ1) is 7.16. The molecule has 1 unspecified atom stereocenters. The highest BCUT2D eigenvalue weighted by Crippen LogP contribution is 2.26. The van der Waals surface area contributed by atoms with Gasteiger partial charge in [-0.15, -0.1) is 0 Å². The van der Waals surface area contributed by atoms with Crippen molar-refractivity contribution in [1.29, 1.82) is 0 Å². The normalized spacial score (nSPS) is 20.7. The van der Waals surface area contributed by atoms with E-state index in [4.69, 9.17) is 4.74 Å². The lowest BCUT2D eigenvalue weighted by Crippen LogP contribution is -2.09. The molecule has 0 saturated carbocycles. The molecule has 1 heterocycles. The van der Waals surface area contributed by atoms with Crippen LogP contribution in [0.1, 0.15) is 25.3 Å². The maximum Gasteiger partial charge on any atom is 0.159 e. The number of halogens is 2. The second kappa shape index (κ2) is 4.01. The lowest BCUT2D eigenvalue weighted by Gasteiger charge is -2.19. The fourth-order valence-corrected chi connectivity index (χ4v) is 1.59. The van der Waals surface area contributed by atoms with Gasteiger partial charge in [-0.2, -0.15) is 0 Å². The highest BCUT2D eigenvalue weighted by atomic mass is 19.2. The van der Waals surface area contributed by atoms with E-state index in [0.717, 1.165) is 24.5 Å². The molecule has 0 amide bonds. The molecule has 1 aliphatic rings. The van der Waals surface area contributed by atoms with E-state index in [9.17, 15) is 8.78 Å². The summed E-state index contributed by atoms with van der Waals surface area (Å²) in [5.74, 6) is -1.63. The maximum atomic E-state index is 13.0. The van der Waals surface area contributed by atoms with Gasteiger partial charge in [-0.1, -0.05) is 6.07 Å². The summed E-state index contributed by atoms with van der Waals surface area (Å²) in [4.78, 5) is 0. The molecule has 0 aromatic heterocycles. The van der Waals surface area contributed by atoms with E-state index in [0.29, 0.717) is 5.56 Å². The van der Waals surface area contributed by atoms with Gasteiger partial charge in [-0.25, -0.2) is 8.78 Å². The highest BCUT2D eigenvalue weighted by Gasteiger charge is 2.13. The molecular weight excluding hydrogens is 198 g/mol. The van der Waals surface area contributed by atoms with Crippen LogP contribution in [0.3, 0.4) is 0 Å². The van der Waals surface area contributed by atoms with Crippen molar-refractivity contribution >= 4 is 5.57 Å². The van der Waals surface area contributed by atoms with Crippen LogP contribution in [0.2, 0.25) is 0 Å². The predicted octanol–water partition coefficient (Wildman–Crippen LogP) is 3.50. The molecule has 0 saturated heterocycles. The van der Waals surface area contributed by atoms with Gasteiger partial charge < -0.3 is 4.74 Å². The fourth-order valence-electron chi connectivity index (χ4n) is 1.59. The third-order valence-electron chi connectivity index (χ3n) is 2.55. The molecule has 0 radical (unpaired) electrons. The molecule has 80 valence electrons. The lowest BCUT2D eigenvalue weighted by atomic mass is 9.99. The summed E-state index contributed by atoms with van der Waals surface area (Å²) in [5.41, 5.74) is 1.62. The molecule has 1 aliphatic heterocycles. The van der Waals surface area contributed by atoms with Gasteiger partial charge in [0.15, 0.2) is 11.6 Å². The van der Waals surface area contributed by atoms with E-state index in [1.165, 1.54) is 6.07 Å². The number of hydrogen-bond acceptors (Lipinski definition) is 1. The van der Waals surface area contributed by atoms with Crippen LogP contribution in [0, 0.1) is 11.6 Å². The van der Waals surface area contributed by atoms with Crippen molar-refractivity contribution in [3.8, 4) is 0 Å². The zero-order chi connectivity index (χ0) is 10.8. The zero-order valence-corrected chi connectivity index (χ0v) is 8.47. The Balaban J connectivity index is 2.26. The Morgan fingerprint density at radius 3 is 2.67 bits per heavy atom. The molecule has 15 heavy (non-hydrogen) atoms. The van der Waals surface area contributed by atoms with Crippen LogP contribution in [0.25, 0.3) is 5.57 Å². The summed E-state index contributed by atoms with van der Waals surface area (Å²) in [7, 11) is 0. The molecule has 0 spiro atoms. The SMILES string of the molecule is CC1CCC(c2ccc(F)c(F)c2)=CO1. The average Bonchev–Trinajstić information content (AvgIpc) is 2.23. The van der Waals surface area contributed by atoms with Crippen LogP contribution in [0.4, 0.5) is 8.78 Å². The number of ether oxygens (including phenoxy) is 1. The van der Waals surface area contributed by atoms with E-state index in [1.54, 1.807) is 12.3 Å². The number of benzene rings is 1. The van der Waals surface area contributed by atoms with Crippen LogP contribution in [-0.4, -0.2) is 6.10 Å². The summed E-state index contributed by atoms with van der Waals surface area (Å²) in [6.45, 7) is 1.98. The van der Waals surface area contributed by atoms with Crippen molar-refractivity contribution in [1.82, 2.24) is 0 Å². The van der Waals surface area contributed by atoms with Crippen molar-refractivity contribution in [2.45, 2.75) is 25.9 Å². The molecule has 0 aliphatic carbocycles. The molecule has 1 nitrogen and oxygen atoms in total. The van der Waals surface area contributed by atoms with Crippen molar-refractivity contribution in [2.24, 2.45) is 0 Å². The Morgan fingerprint density at radius 1 is 1.27 bits per heavy atom. The van der Waals surface area contributed by atoms with E-state index >= 15 is 0 Å². The molecule has 1 atom stereocenters. The van der Waals surface area contributed by atoms with Crippen LogP contribution in [0.15, 0.2) is 24.5 Å². The van der Waals surface area contributed by atoms with Crippen LogP contribution in [0.5, 0.6) is 0 Å². The Kier molecular flexibility index (Phi) is 2.71. The number of allylic oxidation sites excluding steroid dienone is 1. The minimum Gasteiger partial charge on any atom is -0.498 e. The van der Waals surface area contributed by atoms with Crippen molar-refractivity contribution in [2.75, 3.05) is 0 Å². The van der Waals surface area contributed by atoms with Crippen molar-refractivity contribution < 1.29 is 13.5 Å². The summed E-state index contributed by atoms with van der Waals surface area (Å²) in [6, 6.07) is 3.92. The van der Waals surface area contributed by atoms with Crippen molar-refractivity contribution in [3.63, 3.8) is 0 Å². The standard InChI is InChI=1S/C12H12F2O/c1-8-2-3-10(7-15-8)9-4-5-11(13)12(14)6-9/h4-8H,2-3H2,1H3. The Labute approximate surface area is 87.4 Å².